The van der Waals surface area contributed by atoms with Gasteiger partial charge in [0.05, 0.1) is 36.4 Å². The molecule has 1 aliphatic heterocycles. The summed E-state index contributed by atoms with van der Waals surface area (Å²) in [5.41, 5.74) is 3.91. The van der Waals surface area contributed by atoms with Crippen molar-refractivity contribution < 1.29 is 9.53 Å². The molecule has 0 spiro atoms. The van der Waals surface area contributed by atoms with E-state index >= 15 is 0 Å². The lowest BCUT2D eigenvalue weighted by atomic mass is 10.1. The number of aromatic nitrogens is 2. The normalized spacial score (nSPS) is 15.0. The van der Waals surface area contributed by atoms with E-state index in [2.05, 4.69) is 25.0 Å². The fourth-order valence-electron chi connectivity index (χ4n) is 2.98. The second kappa shape index (κ2) is 6.96. The number of ether oxygens (including phenoxy) is 1. The molecule has 1 saturated heterocycles. The molecule has 0 bridgehead atoms. The summed E-state index contributed by atoms with van der Waals surface area (Å²) in [4.78, 5) is 14.7. The van der Waals surface area contributed by atoms with Gasteiger partial charge in [-0.05, 0) is 25.0 Å². The Morgan fingerprint density at radius 1 is 1.26 bits per heavy atom. The van der Waals surface area contributed by atoms with E-state index in [0.717, 1.165) is 35.3 Å². The number of morpholine rings is 1. The van der Waals surface area contributed by atoms with E-state index in [1.165, 1.54) is 0 Å². The van der Waals surface area contributed by atoms with Crippen LogP contribution >= 0.6 is 0 Å². The fourth-order valence-corrected chi connectivity index (χ4v) is 2.98. The van der Waals surface area contributed by atoms with Crippen molar-refractivity contribution in [1.82, 2.24) is 14.7 Å². The minimum atomic E-state index is 0.0663. The van der Waals surface area contributed by atoms with Gasteiger partial charge in [-0.25, -0.2) is 4.68 Å². The number of aryl methyl sites for hydroxylation is 1. The number of rotatable bonds is 4. The number of hydrogen-bond acceptors (Lipinski definition) is 3. The molecule has 1 fully saturated rings. The first-order chi connectivity index (χ1) is 11.2. The Morgan fingerprint density at radius 2 is 2.00 bits per heavy atom. The molecule has 1 aromatic carbocycles. The SMILES string of the molecule is CCCc1c(C(=O)N2CCOCC2)cnn1-c1ccccc1C. The van der Waals surface area contributed by atoms with Crippen LogP contribution in [0, 0.1) is 6.92 Å². The largest absolute Gasteiger partial charge is 0.378 e. The molecule has 0 saturated carbocycles. The van der Waals surface area contributed by atoms with Gasteiger partial charge in [0.2, 0.25) is 0 Å². The summed E-state index contributed by atoms with van der Waals surface area (Å²) in [6.07, 6.45) is 3.52. The number of benzene rings is 1. The van der Waals surface area contributed by atoms with Gasteiger partial charge in [-0.3, -0.25) is 4.79 Å². The number of carbonyl (C=O) groups is 1. The van der Waals surface area contributed by atoms with Crippen LogP contribution in [0.5, 0.6) is 0 Å². The molecular weight excluding hydrogens is 290 g/mol. The number of hydrogen-bond donors (Lipinski definition) is 0. The minimum Gasteiger partial charge on any atom is -0.378 e. The van der Waals surface area contributed by atoms with Crippen LogP contribution in [0.15, 0.2) is 30.5 Å². The Morgan fingerprint density at radius 3 is 2.70 bits per heavy atom. The van der Waals surface area contributed by atoms with Crippen LogP contribution in [-0.2, 0) is 11.2 Å². The van der Waals surface area contributed by atoms with Crippen LogP contribution in [0.25, 0.3) is 5.69 Å². The summed E-state index contributed by atoms with van der Waals surface area (Å²) in [7, 11) is 0. The van der Waals surface area contributed by atoms with E-state index in [0.29, 0.717) is 26.3 Å². The lowest BCUT2D eigenvalue weighted by molar-refractivity contribution is 0.0302. The topological polar surface area (TPSA) is 47.4 Å². The van der Waals surface area contributed by atoms with E-state index in [9.17, 15) is 4.79 Å². The maximum Gasteiger partial charge on any atom is 0.257 e. The van der Waals surface area contributed by atoms with Crippen molar-refractivity contribution in [3.8, 4) is 5.69 Å². The quantitative estimate of drug-likeness (QED) is 0.872. The van der Waals surface area contributed by atoms with E-state index in [1.807, 2.05) is 27.8 Å². The van der Waals surface area contributed by atoms with E-state index in [1.54, 1.807) is 6.20 Å². The number of carbonyl (C=O) groups excluding carboxylic acids is 1. The third-order valence-electron chi connectivity index (χ3n) is 4.23. The van der Waals surface area contributed by atoms with Crippen molar-refractivity contribution >= 4 is 5.91 Å². The van der Waals surface area contributed by atoms with Crippen LogP contribution in [0.1, 0.15) is 35.0 Å². The highest BCUT2D eigenvalue weighted by molar-refractivity contribution is 5.95. The van der Waals surface area contributed by atoms with Crippen molar-refractivity contribution in [2.24, 2.45) is 0 Å². The molecule has 5 heteroatoms. The molecule has 5 nitrogen and oxygen atoms in total. The second-order valence-electron chi connectivity index (χ2n) is 5.86. The van der Waals surface area contributed by atoms with Gasteiger partial charge < -0.3 is 9.64 Å². The van der Waals surface area contributed by atoms with E-state index < -0.39 is 0 Å². The van der Waals surface area contributed by atoms with Crippen LogP contribution in [0.3, 0.4) is 0 Å². The molecule has 0 atom stereocenters. The summed E-state index contributed by atoms with van der Waals surface area (Å²) < 4.78 is 7.26. The van der Waals surface area contributed by atoms with Crippen LogP contribution < -0.4 is 0 Å². The Bertz CT molecular complexity index is 687. The zero-order valence-electron chi connectivity index (χ0n) is 13.8. The van der Waals surface area contributed by atoms with E-state index in [4.69, 9.17) is 4.74 Å². The fraction of sp³-hybridized carbons (Fsp3) is 0.444. The molecule has 0 radical (unpaired) electrons. The van der Waals surface area contributed by atoms with E-state index in [-0.39, 0.29) is 5.91 Å². The minimum absolute atomic E-state index is 0.0663. The summed E-state index contributed by atoms with van der Waals surface area (Å²) in [6.45, 7) is 6.72. The van der Waals surface area contributed by atoms with Crippen LogP contribution in [0.4, 0.5) is 0 Å². The van der Waals surface area contributed by atoms with Crippen molar-refractivity contribution in [2.75, 3.05) is 26.3 Å². The summed E-state index contributed by atoms with van der Waals surface area (Å²) in [6, 6.07) is 8.13. The predicted molar refractivity (Wildman–Crippen MR) is 89.0 cm³/mol. The number of amides is 1. The van der Waals surface area contributed by atoms with Crippen molar-refractivity contribution in [3.05, 3.63) is 47.3 Å². The zero-order chi connectivity index (χ0) is 16.2. The lowest BCUT2D eigenvalue weighted by Crippen LogP contribution is -2.41. The van der Waals surface area contributed by atoms with Crippen molar-refractivity contribution in [1.29, 1.82) is 0 Å². The van der Waals surface area contributed by atoms with Gasteiger partial charge in [0, 0.05) is 13.1 Å². The Balaban J connectivity index is 1.98. The molecule has 0 aliphatic carbocycles. The first-order valence-corrected chi connectivity index (χ1v) is 8.22. The van der Waals surface area contributed by atoms with Gasteiger partial charge in [0.15, 0.2) is 0 Å². The summed E-state index contributed by atoms with van der Waals surface area (Å²) in [5.74, 6) is 0.0663. The smallest absolute Gasteiger partial charge is 0.257 e. The highest BCUT2D eigenvalue weighted by atomic mass is 16.5. The molecule has 2 aromatic rings. The Labute approximate surface area is 136 Å². The number of nitrogens with zero attached hydrogens (tertiary/aromatic N) is 3. The first kappa shape index (κ1) is 15.7. The third-order valence-corrected chi connectivity index (χ3v) is 4.23. The molecule has 3 rings (SSSR count). The lowest BCUT2D eigenvalue weighted by Gasteiger charge is -2.26. The molecule has 122 valence electrons. The molecule has 1 amide bonds. The molecule has 1 aromatic heterocycles. The first-order valence-electron chi connectivity index (χ1n) is 8.22. The van der Waals surface area contributed by atoms with Crippen molar-refractivity contribution in [2.45, 2.75) is 26.7 Å². The summed E-state index contributed by atoms with van der Waals surface area (Å²) in [5, 5.41) is 4.52. The van der Waals surface area contributed by atoms with Gasteiger partial charge in [0.25, 0.3) is 5.91 Å². The highest BCUT2D eigenvalue weighted by Gasteiger charge is 2.24. The average molecular weight is 313 g/mol. The van der Waals surface area contributed by atoms with Crippen molar-refractivity contribution in [3.63, 3.8) is 0 Å². The maximum atomic E-state index is 12.8. The highest BCUT2D eigenvalue weighted by Crippen LogP contribution is 2.21. The zero-order valence-corrected chi connectivity index (χ0v) is 13.8. The average Bonchev–Trinajstić information content (AvgIpc) is 2.99. The Hall–Kier alpha value is -2.14. The molecule has 23 heavy (non-hydrogen) atoms. The standard InChI is InChI=1S/C18H23N3O2/c1-3-6-17-15(18(22)20-9-11-23-12-10-20)13-19-21(17)16-8-5-4-7-14(16)2/h4-5,7-8,13H,3,6,9-12H2,1-2H3. The molecule has 0 unspecified atom stereocenters. The van der Waals surface area contributed by atoms with Gasteiger partial charge in [-0.2, -0.15) is 5.10 Å². The molecule has 0 N–H and O–H groups in total. The predicted octanol–water partition coefficient (Wildman–Crippen LogP) is 2.61. The van der Waals surface area contributed by atoms with Gasteiger partial charge in [0.1, 0.15) is 0 Å². The molecule has 1 aliphatic rings. The maximum absolute atomic E-state index is 12.8. The van der Waals surface area contributed by atoms with Crippen LogP contribution in [0.2, 0.25) is 0 Å². The van der Waals surface area contributed by atoms with Gasteiger partial charge in [-0.15, -0.1) is 0 Å². The molecule has 2 heterocycles. The Kier molecular flexibility index (Phi) is 4.76. The van der Waals surface area contributed by atoms with Gasteiger partial charge in [-0.1, -0.05) is 31.5 Å². The summed E-state index contributed by atoms with van der Waals surface area (Å²) >= 11 is 0. The third kappa shape index (κ3) is 3.15. The number of para-hydroxylation sites is 1. The second-order valence-corrected chi connectivity index (χ2v) is 5.86. The monoisotopic (exact) mass is 313 g/mol. The molecular formula is C18H23N3O2. The van der Waals surface area contributed by atoms with Crippen LogP contribution in [-0.4, -0.2) is 46.9 Å². The van der Waals surface area contributed by atoms with Gasteiger partial charge >= 0.3 is 0 Å².